The summed E-state index contributed by atoms with van der Waals surface area (Å²) in [6.07, 6.45) is 1.57. The van der Waals surface area contributed by atoms with Gasteiger partial charge in [-0.15, -0.1) is 5.10 Å². The van der Waals surface area contributed by atoms with E-state index in [9.17, 15) is 4.79 Å². The summed E-state index contributed by atoms with van der Waals surface area (Å²) in [5.74, 6) is 0.928. The van der Waals surface area contributed by atoms with Gasteiger partial charge in [0.1, 0.15) is 12.4 Å². The molecule has 1 N–H and O–H groups in total. The number of carbonyl (C=O) groups excluding carboxylic acids is 1. The fourth-order valence-corrected chi connectivity index (χ4v) is 3.20. The molecule has 0 radical (unpaired) electrons. The summed E-state index contributed by atoms with van der Waals surface area (Å²) in [6, 6.07) is 12.7. The predicted octanol–water partition coefficient (Wildman–Crippen LogP) is 4.13. The van der Waals surface area contributed by atoms with Gasteiger partial charge in [0.25, 0.3) is 0 Å². The van der Waals surface area contributed by atoms with Gasteiger partial charge in [0, 0.05) is 21.2 Å². The Kier molecular flexibility index (Phi) is 5.96. The van der Waals surface area contributed by atoms with Crippen LogP contribution in [0.15, 0.2) is 52.7 Å². The lowest BCUT2D eigenvalue weighted by atomic mass is 10.2. The smallest absolute Gasteiger partial charge is 0.236 e. The van der Waals surface area contributed by atoms with E-state index in [-0.39, 0.29) is 12.5 Å². The Labute approximate surface area is 159 Å². The number of carbonyl (C=O) groups is 1. The molecule has 1 aliphatic rings. The average Bonchev–Trinajstić information content (AvgIpc) is 3.01. The van der Waals surface area contributed by atoms with Gasteiger partial charge in [-0.25, -0.2) is 0 Å². The maximum absolute atomic E-state index is 11.1. The first-order valence-electron chi connectivity index (χ1n) is 7.32. The second kappa shape index (κ2) is 8.38. The Morgan fingerprint density at radius 1 is 1.16 bits per heavy atom. The molecular formula is C17H13Cl2N3O2S. The average molecular weight is 394 g/mol. The van der Waals surface area contributed by atoms with Gasteiger partial charge in [-0.1, -0.05) is 53.2 Å². The van der Waals surface area contributed by atoms with E-state index in [1.54, 1.807) is 24.4 Å². The molecule has 0 atom stereocenters. The van der Waals surface area contributed by atoms with Crippen molar-refractivity contribution < 1.29 is 9.53 Å². The number of ether oxygens (including phenoxy) is 1. The molecule has 0 bridgehead atoms. The highest BCUT2D eigenvalue weighted by molar-refractivity contribution is 8.15. The largest absolute Gasteiger partial charge is 0.488 e. The number of amides is 1. The molecule has 1 saturated heterocycles. The SMILES string of the molecule is O=C1CSC(=NN=Cc2ccccc2OCc2c(Cl)cccc2Cl)N1. The first-order valence-corrected chi connectivity index (χ1v) is 9.06. The Balaban J connectivity index is 1.72. The van der Waals surface area contributed by atoms with Gasteiger partial charge in [0.05, 0.1) is 12.0 Å². The summed E-state index contributed by atoms with van der Waals surface area (Å²) in [5, 5.41) is 12.2. The van der Waals surface area contributed by atoms with Crippen molar-refractivity contribution in [3.05, 3.63) is 63.6 Å². The molecule has 3 rings (SSSR count). The fourth-order valence-electron chi connectivity index (χ4n) is 2.06. The number of thioether (sulfide) groups is 1. The summed E-state index contributed by atoms with van der Waals surface area (Å²) in [5.41, 5.74) is 1.48. The number of nitrogens with one attached hydrogen (secondary N) is 1. The summed E-state index contributed by atoms with van der Waals surface area (Å²) < 4.78 is 5.84. The van der Waals surface area contributed by atoms with E-state index < -0.39 is 0 Å². The Bertz CT molecular complexity index is 835. The molecule has 128 valence electrons. The van der Waals surface area contributed by atoms with Gasteiger partial charge < -0.3 is 10.1 Å². The zero-order valence-corrected chi connectivity index (χ0v) is 15.2. The molecule has 25 heavy (non-hydrogen) atoms. The van der Waals surface area contributed by atoms with Crippen molar-refractivity contribution in [1.29, 1.82) is 0 Å². The van der Waals surface area contributed by atoms with Gasteiger partial charge in [-0.05, 0) is 24.3 Å². The minimum absolute atomic E-state index is 0.0701. The van der Waals surface area contributed by atoms with Gasteiger partial charge in [0.2, 0.25) is 5.91 Å². The second-order valence-electron chi connectivity index (χ2n) is 5.01. The maximum Gasteiger partial charge on any atom is 0.236 e. The summed E-state index contributed by atoms with van der Waals surface area (Å²) in [4.78, 5) is 11.1. The Hall–Kier alpha value is -2.02. The highest BCUT2D eigenvalue weighted by atomic mass is 35.5. The lowest BCUT2D eigenvalue weighted by Gasteiger charge is -2.11. The van der Waals surface area contributed by atoms with Crippen LogP contribution in [0.5, 0.6) is 5.75 Å². The minimum atomic E-state index is -0.0701. The van der Waals surface area contributed by atoms with Crippen LogP contribution in [-0.4, -0.2) is 23.0 Å². The van der Waals surface area contributed by atoms with Gasteiger partial charge in [-0.2, -0.15) is 5.10 Å². The van der Waals surface area contributed by atoms with Crippen molar-refractivity contribution in [1.82, 2.24) is 5.32 Å². The minimum Gasteiger partial charge on any atom is -0.488 e. The van der Waals surface area contributed by atoms with Crippen molar-refractivity contribution in [2.24, 2.45) is 10.2 Å². The number of hydrogen-bond acceptors (Lipinski definition) is 5. The molecule has 0 unspecified atom stereocenters. The monoisotopic (exact) mass is 393 g/mol. The van der Waals surface area contributed by atoms with E-state index in [1.165, 1.54) is 11.8 Å². The van der Waals surface area contributed by atoms with Crippen molar-refractivity contribution in [3.63, 3.8) is 0 Å². The third-order valence-electron chi connectivity index (χ3n) is 3.28. The summed E-state index contributed by atoms with van der Waals surface area (Å²) >= 11 is 13.6. The van der Waals surface area contributed by atoms with E-state index >= 15 is 0 Å². The summed E-state index contributed by atoms with van der Waals surface area (Å²) in [6.45, 7) is 0.240. The molecule has 1 aliphatic heterocycles. The van der Waals surface area contributed by atoms with E-state index in [2.05, 4.69) is 15.5 Å². The van der Waals surface area contributed by atoms with Gasteiger partial charge in [-0.3, -0.25) is 4.79 Å². The molecule has 1 amide bonds. The zero-order valence-electron chi connectivity index (χ0n) is 12.9. The number of nitrogens with zero attached hydrogens (tertiary/aromatic N) is 2. The lowest BCUT2D eigenvalue weighted by Crippen LogP contribution is -2.19. The van der Waals surface area contributed by atoms with Crippen LogP contribution in [0, 0.1) is 0 Å². The number of hydrogen-bond donors (Lipinski definition) is 1. The molecule has 1 heterocycles. The van der Waals surface area contributed by atoms with Crippen LogP contribution in [0.2, 0.25) is 10.0 Å². The standard InChI is InChI=1S/C17H13Cl2N3O2S/c18-13-5-3-6-14(19)12(13)9-24-15-7-2-1-4-11(15)8-20-22-17-21-16(23)10-25-17/h1-8H,9-10H2,(H,21,22,23). The molecule has 0 spiro atoms. The van der Waals surface area contributed by atoms with Crippen molar-refractivity contribution >= 4 is 52.3 Å². The molecule has 8 heteroatoms. The molecule has 1 fully saturated rings. The topological polar surface area (TPSA) is 63.0 Å². The van der Waals surface area contributed by atoms with Crippen LogP contribution in [0.25, 0.3) is 0 Å². The highest BCUT2D eigenvalue weighted by Crippen LogP contribution is 2.26. The van der Waals surface area contributed by atoms with Crippen LogP contribution in [0.3, 0.4) is 0 Å². The van der Waals surface area contributed by atoms with Crippen LogP contribution >= 0.6 is 35.0 Å². The Morgan fingerprint density at radius 3 is 2.64 bits per heavy atom. The molecule has 2 aromatic carbocycles. The number of amidine groups is 1. The fraction of sp³-hybridized carbons (Fsp3) is 0.118. The molecule has 0 saturated carbocycles. The van der Waals surface area contributed by atoms with E-state index in [0.29, 0.717) is 26.7 Å². The van der Waals surface area contributed by atoms with Crippen molar-refractivity contribution in [3.8, 4) is 5.75 Å². The summed E-state index contributed by atoms with van der Waals surface area (Å²) in [7, 11) is 0. The van der Waals surface area contributed by atoms with Crippen LogP contribution < -0.4 is 10.1 Å². The first-order chi connectivity index (χ1) is 12.1. The normalized spacial score (nSPS) is 15.8. The van der Waals surface area contributed by atoms with Gasteiger partial charge in [0.15, 0.2) is 5.17 Å². The van der Waals surface area contributed by atoms with E-state index in [0.717, 1.165) is 11.1 Å². The van der Waals surface area contributed by atoms with E-state index in [4.69, 9.17) is 27.9 Å². The quantitative estimate of drug-likeness (QED) is 0.613. The van der Waals surface area contributed by atoms with Gasteiger partial charge >= 0.3 is 0 Å². The molecular weight excluding hydrogens is 381 g/mol. The molecule has 0 aliphatic carbocycles. The maximum atomic E-state index is 11.1. The molecule has 2 aromatic rings. The van der Waals surface area contributed by atoms with Crippen LogP contribution in [0.4, 0.5) is 0 Å². The van der Waals surface area contributed by atoms with Crippen molar-refractivity contribution in [2.75, 3.05) is 5.75 Å². The number of rotatable bonds is 5. The predicted molar refractivity (Wildman–Crippen MR) is 103 cm³/mol. The van der Waals surface area contributed by atoms with Crippen LogP contribution in [-0.2, 0) is 11.4 Å². The lowest BCUT2D eigenvalue weighted by molar-refractivity contribution is -0.116. The molecule has 0 aromatic heterocycles. The third kappa shape index (κ3) is 4.75. The second-order valence-corrected chi connectivity index (χ2v) is 6.79. The zero-order chi connectivity index (χ0) is 17.6. The molecule has 5 nitrogen and oxygen atoms in total. The number of halogens is 2. The Morgan fingerprint density at radius 2 is 1.92 bits per heavy atom. The van der Waals surface area contributed by atoms with Crippen LogP contribution in [0.1, 0.15) is 11.1 Å². The van der Waals surface area contributed by atoms with E-state index in [1.807, 2.05) is 24.3 Å². The first kappa shape index (κ1) is 17.8. The number of benzene rings is 2. The highest BCUT2D eigenvalue weighted by Gasteiger charge is 2.16. The third-order valence-corrected chi connectivity index (χ3v) is 4.86. The van der Waals surface area contributed by atoms with Crippen molar-refractivity contribution in [2.45, 2.75) is 6.61 Å². The number of para-hydroxylation sites is 1.